The molecular formula is C21H20Cl2N2O5S. The summed E-state index contributed by atoms with van der Waals surface area (Å²) in [5, 5.41) is 0.924. The molecular weight excluding hydrogens is 463 g/mol. The normalized spacial score (nSPS) is 12.5. The second-order valence-corrected chi connectivity index (χ2v) is 9.54. The van der Waals surface area contributed by atoms with Gasteiger partial charge in [-0.15, -0.1) is 0 Å². The number of nitrogens with zero attached hydrogens (tertiary/aromatic N) is 2. The number of sulfonamides is 1. The average molecular weight is 483 g/mol. The molecule has 3 rings (SSSR count). The predicted octanol–water partition coefficient (Wildman–Crippen LogP) is 4.62. The topological polar surface area (TPSA) is 85.7 Å². The Bertz CT molecular complexity index is 1270. The number of rotatable bonds is 6. The first-order valence-electron chi connectivity index (χ1n) is 9.27. The number of carbonyl (C=O) groups excluding carboxylic acids is 2. The van der Waals surface area contributed by atoms with Crippen molar-refractivity contribution in [3.05, 3.63) is 64.3 Å². The molecule has 3 aromatic rings. The first kappa shape index (κ1) is 23.1. The quantitative estimate of drug-likeness (QED) is 0.478. The third-order valence-corrected chi connectivity index (χ3v) is 6.53. The molecule has 1 aromatic heterocycles. The number of benzene rings is 2. The van der Waals surface area contributed by atoms with Gasteiger partial charge in [-0.2, -0.15) is 0 Å². The number of aromatic nitrogens is 1. The zero-order valence-corrected chi connectivity index (χ0v) is 19.3. The summed E-state index contributed by atoms with van der Waals surface area (Å²) in [6, 6.07) is 10.1. The summed E-state index contributed by atoms with van der Waals surface area (Å²) >= 11 is 12.3. The van der Waals surface area contributed by atoms with Crippen molar-refractivity contribution in [2.24, 2.45) is 0 Å². The lowest BCUT2D eigenvalue weighted by Crippen LogP contribution is -2.46. The summed E-state index contributed by atoms with van der Waals surface area (Å²) in [5.41, 5.74) is 0.756. The number of fused-ring (bicyclic) bond motifs is 1. The van der Waals surface area contributed by atoms with Crippen LogP contribution in [0.15, 0.2) is 48.7 Å². The monoisotopic (exact) mass is 482 g/mol. The number of anilines is 1. The highest BCUT2D eigenvalue weighted by molar-refractivity contribution is 7.92. The molecule has 0 radical (unpaired) electrons. The van der Waals surface area contributed by atoms with Gasteiger partial charge in [0.05, 0.1) is 35.2 Å². The van der Waals surface area contributed by atoms with Crippen LogP contribution in [-0.4, -0.2) is 44.3 Å². The lowest BCUT2D eigenvalue weighted by molar-refractivity contribution is 0.0603. The van der Waals surface area contributed by atoms with Gasteiger partial charge in [-0.25, -0.2) is 13.2 Å². The summed E-state index contributed by atoms with van der Waals surface area (Å²) < 4.78 is 32.5. The SMILES string of the molecule is CCC(C(=O)n1cc(C(=O)OC)c2ccccc21)N(c1cc(Cl)ccc1Cl)S(C)(=O)=O. The maximum absolute atomic E-state index is 13.6. The third kappa shape index (κ3) is 4.42. The van der Waals surface area contributed by atoms with E-state index in [1.165, 1.54) is 36.1 Å². The number of carbonyl (C=O) groups is 2. The molecule has 0 aliphatic carbocycles. The van der Waals surface area contributed by atoms with E-state index in [2.05, 4.69) is 0 Å². The van der Waals surface area contributed by atoms with E-state index in [-0.39, 0.29) is 27.7 Å². The van der Waals surface area contributed by atoms with Crippen molar-refractivity contribution in [1.29, 1.82) is 0 Å². The van der Waals surface area contributed by atoms with E-state index in [1.54, 1.807) is 31.2 Å². The van der Waals surface area contributed by atoms with Crippen LogP contribution < -0.4 is 4.31 Å². The minimum absolute atomic E-state index is 0.0986. The van der Waals surface area contributed by atoms with Gasteiger partial charge in [0.1, 0.15) is 6.04 Å². The number of halogens is 2. The van der Waals surface area contributed by atoms with Gasteiger partial charge in [0.15, 0.2) is 0 Å². The fraction of sp³-hybridized carbons (Fsp3) is 0.238. The van der Waals surface area contributed by atoms with Crippen molar-refractivity contribution in [2.45, 2.75) is 19.4 Å². The molecule has 0 bridgehead atoms. The van der Waals surface area contributed by atoms with Crippen LogP contribution in [0.3, 0.4) is 0 Å². The first-order chi connectivity index (χ1) is 14.6. The van der Waals surface area contributed by atoms with Crippen LogP contribution >= 0.6 is 23.2 Å². The fourth-order valence-corrected chi connectivity index (χ4v) is 5.10. The Morgan fingerprint density at radius 2 is 1.84 bits per heavy atom. The highest BCUT2D eigenvalue weighted by Gasteiger charge is 2.35. The van der Waals surface area contributed by atoms with E-state index >= 15 is 0 Å². The summed E-state index contributed by atoms with van der Waals surface area (Å²) in [6.45, 7) is 1.69. The Hall–Kier alpha value is -2.55. The molecule has 1 heterocycles. The lowest BCUT2D eigenvalue weighted by atomic mass is 10.1. The van der Waals surface area contributed by atoms with Crippen molar-refractivity contribution in [3.63, 3.8) is 0 Å². The smallest absolute Gasteiger partial charge is 0.340 e. The zero-order valence-electron chi connectivity index (χ0n) is 17.0. The minimum atomic E-state index is -3.92. The maximum atomic E-state index is 13.6. The molecule has 0 amide bonds. The van der Waals surface area contributed by atoms with E-state index < -0.39 is 27.9 Å². The van der Waals surface area contributed by atoms with Gasteiger partial charge < -0.3 is 4.74 Å². The van der Waals surface area contributed by atoms with Gasteiger partial charge in [-0.1, -0.05) is 48.3 Å². The third-order valence-electron chi connectivity index (χ3n) is 4.81. The van der Waals surface area contributed by atoms with Gasteiger partial charge >= 0.3 is 5.97 Å². The molecule has 0 saturated heterocycles. The Labute approximate surface area is 190 Å². The van der Waals surface area contributed by atoms with E-state index in [1.807, 2.05) is 0 Å². The molecule has 1 unspecified atom stereocenters. The van der Waals surface area contributed by atoms with Crippen molar-refractivity contribution < 1.29 is 22.7 Å². The summed E-state index contributed by atoms with van der Waals surface area (Å²) in [6.07, 6.45) is 2.50. The second-order valence-electron chi connectivity index (χ2n) is 6.84. The molecule has 10 heteroatoms. The second kappa shape index (κ2) is 8.90. The Balaban J connectivity index is 2.20. The largest absolute Gasteiger partial charge is 0.465 e. The highest BCUT2D eigenvalue weighted by atomic mass is 35.5. The summed E-state index contributed by atoms with van der Waals surface area (Å²) in [4.78, 5) is 25.8. The number of esters is 1. The Morgan fingerprint density at radius 1 is 1.16 bits per heavy atom. The number of methoxy groups -OCH3 is 1. The number of ether oxygens (including phenoxy) is 1. The van der Waals surface area contributed by atoms with Gasteiger partial charge in [-0.3, -0.25) is 13.7 Å². The molecule has 0 saturated carbocycles. The van der Waals surface area contributed by atoms with Crippen LogP contribution in [0.5, 0.6) is 0 Å². The Kier molecular flexibility index (Phi) is 6.64. The number of para-hydroxylation sites is 1. The predicted molar refractivity (Wildman–Crippen MR) is 122 cm³/mol. The molecule has 0 N–H and O–H groups in total. The van der Waals surface area contributed by atoms with Gasteiger partial charge in [0, 0.05) is 16.6 Å². The first-order valence-corrected chi connectivity index (χ1v) is 11.9. The molecule has 7 nitrogen and oxygen atoms in total. The molecule has 0 aliphatic heterocycles. The molecule has 0 aliphatic rings. The van der Waals surface area contributed by atoms with E-state index in [4.69, 9.17) is 27.9 Å². The van der Waals surface area contributed by atoms with E-state index in [0.717, 1.165) is 10.6 Å². The maximum Gasteiger partial charge on any atom is 0.340 e. The van der Waals surface area contributed by atoms with Crippen molar-refractivity contribution in [1.82, 2.24) is 4.57 Å². The molecule has 0 fully saturated rings. The summed E-state index contributed by atoms with van der Waals surface area (Å²) in [7, 11) is -2.68. The van der Waals surface area contributed by atoms with Gasteiger partial charge in [-0.05, 0) is 30.7 Å². The van der Waals surface area contributed by atoms with Crippen LogP contribution in [-0.2, 0) is 14.8 Å². The minimum Gasteiger partial charge on any atom is -0.465 e. The average Bonchev–Trinajstić information content (AvgIpc) is 3.12. The highest BCUT2D eigenvalue weighted by Crippen LogP contribution is 2.34. The fourth-order valence-electron chi connectivity index (χ4n) is 3.47. The molecule has 31 heavy (non-hydrogen) atoms. The van der Waals surface area contributed by atoms with Crippen LogP contribution in [0, 0.1) is 0 Å². The van der Waals surface area contributed by atoms with E-state index in [0.29, 0.717) is 10.9 Å². The van der Waals surface area contributed by atoms with Crippen LogP contribution in [0.1, 0.15) is 28.5 Å². The molecule has 0 spiro atoms. The molecule has 1 atom stereocenters. The van der Waals surface area contributed by atoms with E-state index in [9.17, 15) is 18.0 Å². The van der Waals surface area contributed by atoms with Crippen LogP contribution in [0.2, 0.25) is 10.0 Å². The van der Waals surface area contributed by atoms with Gasteiger partial charge in [0.25, 0.3) is 5.91 Å². The number of hydrogen-bond acceptors (Lipinski definition) is 5. The Morgan fingerprint density at radius 3 is 2.45 bits per heavy atom. The summed E-state index contributed by atoms with van der Waals surface area (Å²) in [5.74, 6) is -1.15. The van der Waals surface area contributed by atoms with Gasteiger partial charge in [0.2, 0.25) is 10.0 Å². The molecule has 2 aromatic carbocycles. The molecule has 164 valence electrons. The zero-order chi connectivity index (χ0) is 22.9. The lowest BCUT2D eigenvalue weighted by Gasteiger charge is -2.31. The van der Waals surface area contributed by atoms with Crippen LogP contribution in [0.4, 0.5) is 5.69 Å². The number of hydrogen-bond donors (Lipinski definition) is 0. The van der Waals surface area contributed by atoms with Crippen molar-refractivity contribution in [2.75, 3.05) is 17.7 Å². The van der Waals surface area contributed by atoms with Crippen LogP contribution in [0.25, 0.3) is 10.9 Å². The van der Waals surface area contributed by atoms with Crippen molar-refractivity contribution in [3.8, 4) is 0 Å². The standard InChI is InChI=1S/C21H20Cl2N2O5S/c1-4-17(25(31(3,28)29)19-11-13(22)9-10-16(19)23)20(26)24-12-15(21(27)30-2)14-7-5-6-8-18(14)24/h5-12,17H,4H2,1-3H3. The van der Waals surface area contributed by atoms with Crippen molar-refractivity contribution >= 4 is 61.7 Å².